The van der Waals surface area contributed by atoms with Crippen LogP contribution in [0, 0.1) is 0 Å². The van der Waals surface area contributed by atoms with E-state index in [1.807, 2.05) is 0 Å². The van der Waals surface area contributed by atoms with Gasteiger partial charge in [0.1, 0.15) is 5.75 Å². The maximum Gasteiger partial charge on any atom is 0.416 e. The number of urea groups is 1. The van der Waals surface area contributed by atoms with Crippen molar-refractivity contribution < 1.29 is 27.5 Å². The summed E-state index contributed by atoms with van der Waals surface area (Å²) in [5, 5.41) is 2.48. The van der Waals surface area contributed by atoms with Gasteiger partial charge in [-0.15, -0.1) is 0 Å². The molecule has 1 fully saturated rings. The molecule has 0 bridgehead atoms. The number of ether oxygens (including phenoxy) is 1. The molecule has 1 heterocycles. The van der Waals surface area contributed by atoms with E-state index >= 15 is 0 Å². The first-order valence-corrected chi connectivity index (χ1v) is 8.94. The Morgan fingerprint density at radius 2 is 1.62 bits per heavy atom. The molecule has 1 saturated heterocycles. The van der Waals surface area contributed by atoms with Crippen LogP contribution in [-0.2, 0) is 6.18 Å². The van der Waals surface area contributed by atoms with Crippen LogP contribution in [0.5, 0.6) is 5.75 Å². The molecule has 2 aromatic carbocycles. The molecule has 9 heteroatoms. The van der Waals surface area contributed by atoms with Crippen molar-refractivity contribution in [1.82, 2.24) is 9.80 Å². The molecule has 2 aromatic rings. The van der Waals surface area contributed by atoms with Crippen LogP contribution in [-0.4, -0.2) is 55.0 Å². The maximum absolute atomic E-state index is 12.8. The molecule has 0 radical (unpaired) electrons. The topological polar surface area (TPSA) is 61.9 Å². The van der Waals surface area contributed by atoms with Gasteiger partial charge in [0.15, 0.2) is 0 Å². The number of piperazine rings is 1. The number of halogens is 3. The van der Waals surface area contributed by atoms with Crippen LogP contribution in [0.25, 0.3) is 0 Å². The summed E-state index contributed by atoms with van der Waals surface area (Å²) in [4.78, 5) is 28.1. The molecule has 1 aliphatic heterocycles. The van der Waals surface area contributed by atoms with Gasteiger partial charge in [0.05, 0.1) is 12.7 Å². The van der Waals surface area contributed by atoms with E-state index in [0.717, 1.165) is 12.1 Å². The van der Waals surface area contributed by atoms with Crippen molar-refractivity contribution in [2.45, 2.75) is 6.18 Å². The minimum absolute atomic E-state index is 0.0692. The third-order valence-corrected chi connectivity index (χ3v) is 4.61. The Morgan fingerprint density at radius 3 is 2.28 bits per heavy atom. The van der Waals surface area contributed by atoms with Crippen molar-refractivity contribution in [1.29, 1.82) is 0 Å². The van der Waals surface area contributed by atoms with Crippen LogP contribution in [0.3, 0.4) is 0 Å². The summed E-state index contributed by atoms with van der Waals surface area (Å²) in [6.45, 7) is 1.21. The Bertz CT molecular complexity index is 894. The number of rotatable bonds is 3. The van der Waals surface area contributed by atoms with Gasteiger partial charge in [-0.05, 0) is 36.4 Å². The third kappa shape index (κ3) is 4.98. The Kier molecular flexibility index (Phi) is 5.95. The first kappa shape index (κ1) is 20.5. The summed E-state index contributed by atoms with van der Waals surface area (Å²) in [7, 11) is 1.52. The fourth-order valence-corrected chi connectivity index (χ4v) is 3.03. The lowest BCUT2D eigenvalue weighted by Gasteiger charge is -2.34. The second kappa shape index (κ2) is 8.42. The quantitative estimate of drug-likeness (QED) is 0.844. The predicted molar refractivity (Wildman–Crippen MR) is 101 cm³/mol. The zero-order valence-electron chi connectivity index (χ0n) is 15.7. The lowest BCUT2D eigenvalue weighted by Crippen LogP contribution is -2.51. The molecule has 0 saturated carbocycles. The monoisotopic (exact) mass is 407 g/mol. The van der Waals surface area contributed by atoms with E-state index in [1.54, 1.807) is 29.2 Å². The minimum Gasteiger partial charge on any atom is -0.497 e. The fraction of sp³-hybridized carbons (Fsp3) is 0.300. The molecular weight excluding hydrogens is 387 g/mol. The van der Waals surface area contributed by atoms with E-state index in [-0.39, 0.29) is 24.7 Å². The summed E-state index contributed by atoms with van der Waals surface area (Å²) in [5.74, 6) is 0.414. The molecule has 1 N–H and O–H groups in total. The summed E-state index contributed by atoms with van der Waals surface area (Å²) in [5.41, 5.74) is -0.269. The first-order valence-electron chi connectivity index (χ1n) is 8.94. The molecule has 0 aromatic heterocycles. The second-order valence-corrected chi connectivity index (χ2v) is 6.52. The van der Waals surface area contributed by atoms with E-state index in [9.17, 15) is 22.8 Å². The van der Waals surface area contributed by atoms with E-state index < -0.39 is 17.8 Å². The highest BCUT2D eigenvalue weighted by molar-refractivity contribution is 5.95. The Balaban J connectivity index is 1.57. The molecule has 0 spiro atoms. The molecule has 1 aliphatic rings. The van der Waals surface area contributed by atoms with E-state index in [2.05, 4.69) is 5.32 Å². The van der Waals surface area contributed by atoms with Crippen molar-refractivity contribution in [3.63, 3.8) is 0 Å². The highest BCUT2D eigenvalue weighted by Crippen LogP contribution is 2.30. The van der Waals surface area contributed by atoms with Gasteiger partial charge in [-0.3, -0.25) is 4.79 Å². The first-order chi connectivity index (χ1) is 13.8. The van der Waals surface area contributed by atoms with Crippen molar-refractivity contribution in [3.8, 4) is 5.75 Å². The van der Waals surface area contributed by atoms with Crippen LogP contribution in [0.4, 0.5) is 23.7 Å². The van der Waals surface area contributed by atoms with Crippen molar-refractivity contribution >= 4 is 17.6 Å². The number of amides is 3. The van der Waals surface area contributed by atoms with Crippen LogP contribution in [0.2, 0.25) is 0 Å². The number of anilines is 1. The average Bonchev–Trinajstić information content (AvgIpc) is 2.73. The number of benzene rings is 2. The molecule has 0 unspecified atom stereocenters. The zero-order chi connectivity index (χ0) is 21.0. The smallest absolute Gasteiger partial charge is 0.416 e. The number of carbonyl (C=O) groups excluding carboxylic acids is 2. The fourth-order valence-electron chi connectivity index (χ4n) is 3.03. The second-order valence-electron chi connectivity index (χ2n) is 6.52. The minimum atomic E-state index is -4.48. The molecule has 29 heavy (non-hydrogen) atoms. The van der Waals surface area contributed by atoms with Gasteiger partial charge in [-0.1, -0.05) is 12.1 Å². The van der Waals surface area contributed by atoms with Crippen molar-refractivity contribution in [2.24, 2.45) is 0 Å². The summed E-state index contributed by atoms with van der Waals surface area (Å²) >= 11 is 0. The van der Waals surface area contributed by atoms with E-state index in [1.165, 1.54) is 24.1 Å². The maximum atomic E-state index is 12.8. The Hall–Kier alpha value is -3.23. The van der Waals surface area contributed by atoms with Gasteiger partial charge in [0.2, 0.25) is 0 Å². The molecule has 154 valence electrons. The van der Waals surface area contributed by atoms with E-state index in [4.69, 9.17) is 4.74 Å². The van der Waals surface area contributed by atoms with Gasteiger partial charge in [0.25, 0.3) is 5.91 Å². The summed E-state index contributed by atoms with van der Waals surface area (Å²) in [6, 6.07) is 10.8. The predicted octanol–water partition coefficient (Wildman–Crippen LogP) is 3.70. The molecule has 3 rings (SSSR count). The number of hydrogen-bond acceptors (Lipinski definition) is 3. The van der Waals surface area contributed by atoms with Gasteiger partial charge < -0.3 is 19.9 Å². The Morgan fingerprint density at radius 1 is 0.966 bits per heavy atom. The highest BCUT2D eigenvalue weighted by Gasteiger charge is 2.31. The molecule has 0 aliphatic carbocycles. The zero-order valence-corrected chi connectivity index (χ0v) is 15.7. The average molecular weight is 407 g/mol. The summed E-state index contributed by atoms with van der Waals surface area (Å²) < 4.78 is 43.5. The molecular formula is C20H20F3N3O3. The number of carbonyl (C=O) groups is 2. The lowest BCUT2D eigenvalue weighted by molar-refractivity contribution is -0.137. The SMILES string of the molecule is COc1cccc(C(=O)N2CCN(C(=O)Nc3cccc(C(F)(F)F)c3)CC2)c1. The van der Waals surface area contributed by atoms with Gasteiger partial charge >= 0.3 is 12.2 Å². The van der Waals surface area contributed by atoms with Gasteiger partial charge in [-0.2, -0.15) is 13.2 Å². The Labute approximate surface area is 165 Å². The lowest BCUT2D eigenvalue weighted by atomic mass is 10.1. The standard InChI is InChI=1S/C20H20F3N3O3/c1-29-17-7-2-4-14(12-17)18(27)25-8-10-26(11-9-25)19(28)24-16-6-3-5-15(13-16)20(21,22)23/h2-7,12-13H,8-11H2,1H3,(H,24,28). The number of methoxy groups -OCH3 is 1. The van der Waals surface area contributed by atoms with E-state index in [0.29, 0.717) is 24.4 Å². The third-order valence-electron chi connectivity index (χ3n) is 4.61. The van der Waals surface area contributed by atoms with Crippen LogP contribution in [0.1, 0.15) is 15.9 Å². The summed E-state index contributed by atoms with van der Waals surface area (Å²) in [6.07, 6.45) is -4.48. The van der Waals surface area contributed by atoms with Crippen LogP contribution < -0.4 is 10.1 Å². The van der Waals surface area contributed by atoms with Crippen molar-refractivity contribution in [3.05, 3.63) is 59.7 Å². The highest BCUT2D eigenvalue weighted by atomic mass is 19.4. The number of nitrogens with one attached hydrogen (secondary N) is 1. The number of nitrogens with zero attached hydrogens (tertiary/aromatic N) is 2. The van der Waals surface area contributed by atoms with Crippen LogP contribution >= 0.6 is 0 Å². The van der Waals surface area contributed by atoms with Gasteiger partial charge in [-0.25, -0.2) is 4.79 Å². The number of alkyl halides is 3. The normalized spacial score (nSPS) is 14.5. The van der Waals surface area contributed by atoms with Gasteiger partial charge in [0, 0.05) is 37.4 Å². The largest absolute Gasteiger partial charge is 0.497 e. The molecule has 6 nitrogen and oxygen atoms in total. The number of hydrogen-bond donors (Lipinski definition) is 1. The van der Waals surface area contributed by atoms with Crippen LogP contribution in [0.15, 0.2) is 48.5 Å². The van der Waals surface area contributed by atoms with Crippen molar-refractivity contribution in [2.75, 3.05) is 38.6 Å². The molecule has 0 atom stereocenters. The molecule has 3 amide bonds.